The van der Waals surface area contributed by atoms with Crippen molar-refractivity contribution >= 4 is 24.5 Å². The van der Waals surface area contributed by atoms with Gasteiger partial charge < -0.3 is 23.0 Å². The fraction of sp³-hybridized carbons (Fsp3) is 0.714. The zero-order chi connectivity index (χ0) is 20.9. The lowest BCUT2D eigenvalue weighted by Crippen LogP contribution is -2.06. The first-order chi connectivity index (χ1) is 13.4. The third-order valence-corrected chi connectivity index (χ3v) is 5.71. The molecule has 0 atom stereocenters. The minimum Gasteiger partial charge on any atom is -0.493 e. The summed E-state index contributed by atoms with van der Waals surface area (Å²) >= 11 is 3.61. The summed E-state index contributed by atoms with van der Waals surface area (Å²) in [6, 6.07) is 3.95. The van der Waals surface area contributed by atoms with Crippen molar-refractivity contribution in [2.45, 2.75) is 61.0 Å². The molecule has 0 unspecified atom stereocenters. The van der Waals surface area contributed by atoms with Crippen molar-refractivity contribution < 1.29 is 23.0 Å². The molecule has 0 spiro atoms. The normalized spacial score (nSPS) is 11.6. The Morgan fingerprint density at radius 1 is 0.821 bits per heavy atom. The lowest BCUT2D eigenvalue weighted by atomic mass is 10.1. The SMILES string of the molecule is CCOP(OCC)OCc1cc(OCCC(C)C)c(Br)cc1OCCC(C)C. The highest BCUT2D eigenvalue weighted by molar-refractivity contribution is 9.10. The Morgan fingerprint density at radius 2 is 1.36 bits per heavy atom. The lowest BCUT2D eigenvalue weighted by Gasteiger charge is -2.19. The van der Waals surface area contributed by atoms with Gasteiger partial charge in [-0.1, -0.05) is 27.7 Å². The third-order valence-electron chi connectivity index (χ3n) is 3.82. The molecule has 1 aromatic rings. The van der Waals surface area contributed by atoms with Gasteiger partial charge in [0.2, 0.25) is 0 Å². The van der Waals surface area contributed by atoms with E-state index in [9.17, 15) is 0 Å². The second-order valence-corrected chi connectivity index (χ2v) is 9.36. The molecule has 28 heavy (non-hydrogen) atoms. The van der Waals surface area contributed by atoms with E-state index in [4.69, 9.17) is 23.0 Å². The number of ether oxygens (including phenoxy) is 2. The summed E-state index contributed by atoms with van der Waals surface area (Å²) in [6.07, 6.45) is 2.00. The van der Waals surface area contributed by atoms with Gasteiger partial charge in [-0.2, -0.15) is 0 Å². The molecule has 0 N–H and O–H groups in total. The van der Waals surface area contributed by atoms with Crippen LogP contribution in [0.15, 0.2) is 16.6 Å². The molecule has 0 aliphatic rings. The number of halogens is 1. The molecule has 1 aromatic carbocycles. The molecule has 0 bridgehead atoms. The van der Waals surface area contributed by atoms with Crippen molar-refractivity contribution in [3.63, 3.8) is 0 Å². The van der Waals surface area contributed by atoms with Gasteiger partial charge in [0.1, 0.15) is 11.5 Å². The minimum atomic E-state index is -1.37. The Hall–Kier alpha value is -0.390. The summed E-state index contributed by atoms with van der Waals surface area (Å²) in [6.45, 7) is 15.4. The standard InChI is InChI=1S/C21H36BrO5P/c1-7-25-28(26-8-2)27-15-18-13-21(24-12-10-17(5)6)19(22)14-20(18)23-11-9-16(3)4/h13-14,16-17H,7-12,15H2,1-6H3. The molecule has 0 fully saturated rings. The Balaban J connectivity index is 2.90. The topological polar surface area (TPSA) is 46.2 Å². The second-order valence-electron chi connectivity index (χ2n) is 7.28. The fourth-order valence-corrected chi connectivity index (χ4v) is 3.52. The predicted octanol–water partition coefficient (Wildman–Crippen LogP) is 7.12. The Morgan fingerprint density at radius 3 is 1.86 bits per heavy atom. The van der Waals surface area contributed by atoms with Gasteiger partial charge in [0.05, 0.1) is 37.5 Å². The fourth-order valence-electron chi connectivity index (χ4n) is 2.19. The van der Waals surface area contributed by atoms with Gasteiger partial charge in [-0.3, -0.25) is 0 Å². The largest absolute Gasteiger partial charge is 0.493 e. The molecule has 0 aliphatic carbocycles. The van der Waals surface area contributed by atoms with Gasteiger partial charge in [-0.15, -0.1) is 0 Å². The molecule has 0 amide bonds. The highest BCUT2D eigenvalue weighted by atomic mass is 79.9. The quantitative estimate of drug-likeness (QED) is 0.251. The zero-order valence-electron chi connectivity index (χ0n) is 18.1. The number of hydrogen-bond donors (Lipinski definition) is 0. The van der Waals surface area contributed by atoms with E-state index in [1.807, 2.05) is 26.0 Å². The molecule has 0 saturated carbocycles. The predicted molar refractivity (Wildman–Crippen MR) is 119 cm³/mol. The van der Waals surface area contributed by atoms with Crippen LogP contribution in [0.4, 0.5) is 0 Å². The van der Waals surface area contributed by atoms with E-state index in [1.165, 1.54) is 0 Å². The maximum Gasteiger partial charge on any atom is 0.332 e. The van der Waals surface area contributed by atoms with Crippen molar-refractivity contribution in [2.75, 3.05) is 26.4 Å². The number of rotatable bonds is 15. The summed E-state index contributed by atoms with van der Waals surface area (Å²) in [5.41, 5.74) is 0.929. The highest BCUT2D eigenvalue weighted by Crippen LogP contribution is 2.42. The smallest absolute Gasteiger partial charge is 0.332 e. The lowest BCUT2D eigenvalue weighted by molar-refractivity contribution is 0.162. The van der Waals surface area contributed by atoms with E-state index < -0.39 is 8.60 Å². The van der Waals surface area contributed by atoms with Crippen LogP contribution in [0.1, 0.15) is 59.9 Å². The molecule has 162 valence electrons. The van der Waals surface area contributed by atoms with E-state index in [-0.39, 0.29) is 0 Å². The van der Waals surface area contributed by atoms with Crippen LogP contribution in [-0.4, -0.2) is 26.4 Å². The van der Waals surface area contributed by atoms with E-state index in [2.05, 4.69) is 43.6 Å². The molecule has 1 rings (SSSR count). The van der Waals surface area contributed by atoms with Gasteiger partial charge in [0.15, 0.2) is 0 Å². The summed E-state index contributed by atoms with van der Waals surface area (Å²) in [5.74, 6) is 2.78. The molecular weight excluding hydrogens is 443 g/mol. The minimum absolute atomic E-state index is 0.344. The summed E-state index contributed by atoms with van der Waals surface area (Å²) < 4.78 is 29.9. The molecule has 0 aromatic heterocycles. The maximum atomic E-state index is 6.04. The van der Waals surface area contributed by atoms with Crippen LogP contribution < -0.4 is 9.47 Å². The van der Waals surface area contributed by atoms with Gasteiger partial charge in [-0.25, -0.2) is 0 Å². The van der Waals surface area contributed by atoms with Crippen molar-refractivity contribution in [2.24, 2.45) is 11.8 Å². The van der Waals surface area contributed by atoms with Crippen molar-refractivity contribution in [1.29, 1.82) is 0 Å². The van der Waals surface area contributed by atoms with Gasteiger partial charge in [0.25, 0.3) is 0 Å². The molecule has 0 heterocycles. The zero-order valence-corrected chi connectivity index (χ0v) is 20.6. The highest BCUT2D eigenvalue weighted by Gasteiger charge is 2.16. The second kappa shape index (κ2) is 14.6. The van der Waals surface area contributed by atoms with E-state index >= 15 is 0 Å². The van der Waals surface area contributed by atoms with Crippen LogP contribution in [0.3, 0.4) is 0 Å². The van der Waals surface area contributed by atoms with E-state index in [0.717, 1.165) is 34.4 Å². The average molecular weight is 479 g/mol. The maximum absolute atomic E-state index is 6.04. The molecular formula is C21H36BrO5P. The molecule has 7 heteroatoms. The first-order valence-electron chi connectivity index (χ1n) is 10.1. The van der Waals surface area contributed by atoms with Crippen LogP contribution in [0.2, 0.25) is 0 Å². The summed E-state index contributed by atoms with van der Waals surface area (Å²) in [5, 5.41) is 0. The monoisotopic (exact) mass is 478 g/mol. The third kappa shape index (κ3) is 10.4. The van der Waals surface area contributed by atoms with E-state index in [0.29, 0.717) is 44.9 Å². The van der Waals surface area contributed by atoms with Crippen LogP contribution >= 0.6 is 24.5 Å². The van der Waals surface area contributed by atoms with Crippen LogP contribution in [0.25, 0.3) is 0 Å². The summed E-state index contributed by atoms with van der Waals surface area (Å²) in [7, 11) is -1.37. The summed E-state index contributed by atoms with van der Waals surface area (Å²) in [4.78, 5) is 0. The molecule has 0 radical (unpaired) electrons. The number of benzene rings is 1. The Kier molecular flexibility index (Phi) is 13.3. The average Bonchev–Trinajstić information content (AvgIpc) is 2.62. The number of hydrogen-bond acceptors (Lipinski definition) is 5. The first kappa shape index (κ1) is 25.6. The Bertz CT molecular complexity index is 548. The molecule has 0 saturated heterocycles. The Labute approximate surface area is 180 Å². The molecule has 5 nitrogen and oxygen atoms in total. The van der Waals surface area contributed by atoms with Gasteiger partial charge >= 0.3 is 8.60 Å². The first-order valence-corrected chi connectivity index (χ1v) is 12.0. The van der Waals surface area contributed by atoms with E-state index in [1.54, 1.807) is 0 Å². The van der Waals surface area contributed by atoms with Crippen molar-refractivity contribution in [3.05, 3.63) is 22.2 Å². The van der Waals surface area contributed by atoms with Crippen LogP contribution in [0.5, 0.6) is 11.5 Å². The van der Waals surface area contributed by atoms with Crippen LogP contribution in [0, 0.1) is 11.8 Å². The van der Waals surface area contributed by atoms with Gasteiger partial charge in [0, 0.05) is 5.56 Å². The van der Waals surface area contributed by atoms with Gasteiger partial charge in [-0.05, 0) is 66.6 Å². The van der Waals surface area contributed by atoms with Crippen LogP contribution in [-0.2, 0) is 20.2 Å². The van der Waals surface area contributed by atoms with Crippen molar-refractivity contribution in [1.82, 2.24) is 0 Å². The molecule has 0 aliphatic heterocycles. The van der Waals surface area contributed by atoms with Crippen molar-refractivity contribution in [3.8, 4) is 11.5 Å².